The topological polar surface area (TPSA) is 93.7 Å². The van der Waals surface area contributed by atoms with E-state index in [-0.39, 0.29) is 30.4 Å². The number of carbonyl (C=O) groups excluding carboxylic acids is 3. The van der Waals surface area contributed by atoms with Crippen molar-refractivity contribution in [1.29, 1.82) is 0 Å². The van der Waals surface area contributed by atoms with Gasteiger partial charge in [0.05, 0.1) is 25.6 Å². The highest BCUT2D eigenvalue weighted by Gasteiger charge is 2.17. The van der Waals surface area contributed by atoms with Crippen LogP contribution in [0.3, 0.4) is 0 Å². The van der Waals surface area contributed by atoms with Crippen LogP contribution in [0.1, 0.15) is 46.0 Å². The van der Waals surface area contributed by atoms with Gasteiger partial charge in [0.1, 0.15) is 11.5 Å². The van der Waals surface area contributed by atoms with Crippen molar-refractivity contribution in [3.05, 3.63) is 83.4 Å². The Kier molecular flexibility index (Phi) is 8.40. The van der Waals surface area contributed by atoms with Gasteiger partial charge in [0.2, 0.25) is 5.91 Å². The Hall–Kier alpha value is -4.13. The number of ketones is 1. The molecule has 0 saturated carbocycles. The van der Waals surface area contributed by atoms with E-state index in [2.05, 4.69) is 10.6 Å². The third-order valence-corrected chi connectivity index (χ3v) is 5.34. The first-order chi connectivity index (χ1) is 16.4. The van der Waals surface area contributed by atoms with Gasteiger partial charge in [-0.3, -0.25) is 14.4 Å². The Balaban J connectivity index is 1.67. The number of hydrogen-bond donors (Lipinski definition) is 2. The van der Waals surface area contributed by atoms with Gasteiger partial charge >= 0.3 is 0 Å². The summed E-state index contributed by atoms with van der Waals surface area (Å²) in [6.07, 6.45) is 1.01. The van der Waals surface area contributed by atoms with E-state index in [1.807, 2.05) is 25.1 Å². The molecule has 0 unspecified atom stereocenters. The van der Waals surface area contributed by atoms with Gasteiger partial charge in [0.25, 0.3) is 5.91 Å². The third-order valence-electron chi connectivity index (χ3n) is 5.34. The third kappa shape index (κ3) is 6.22. The highest BCUT2D eigenvalue weighted by molar-refractivity contribution is 6.06. The number of rotatable bonds is 10. The van der Waals surface area contributed by atoms with Crippen LogP contribution in [-0.4, -0.2) is 31.8 Å². The molecule has 7 heteroatoms. The predicted molar refractivity (Wildman–Crippen MR) is 132 cm³/mol. The number of hydrogen-bond acceptors (Lipinski definition) is 5. The van der Waals surface area contributed by atoms with Crippen LogP contribution in [-0.2, 0) is 11.2 Å². The minimum absolute atomic E-state index is 0.0202. The van der Waals surface area contributed by atoms with E-state index < -0.39 is 0 Å². The Bertz CT molecular complexity index is 1160. The first-order valence-corrected chi connectivity index (χ1v) is 11.0. The Morgan fingerprint density at radius 1 is 0.735 bits per heavy atom. The summed E-state index contributed by atoms with van der Waals surface area (Å²) in [7, 11) is 2.93. The van der Waals surface area contributed by atoms with Crippen LogP contribution in [0.5, 0.6) is 11.5 Å². The fraction of sp³-hybridized carbons (Fsp3) is 0.222. The van der Waals surface area contributed by atoms with Crippen molar-refractivity contribution in [2.75, 3.05) is 24.9 Å². The number of methoxy groups -OCH3 is 2. The lowest BCUT2D eigenvalue weighted by molar-refractivity contribution is -0.116. The number of aryl methyl sites for hydroxylation is 1. The summed E-state index contributed by atoms with van der Waals surface area (Å²) in [5, 5.41) is 5.56. The van der Waals surface area contributed by atoms with Gasteiger partial charge in [-0.1, -0.05) is 49.4 Å². The lowest BCUT2D eigenvalue weighted by Crippen LogP contribution is -2.15. The van der Waals surface area contributed by atoms with Crippen molar-refractivity contribution in [3.8, 4) is 11.5 Å². The van der Waals surface area contributed by atoms with Crippen LogP contribution < -0.4 is 20.1 Å². The first-order valence-electron chi connectivity index (χ1n) is 11.0. The molecule has 2 amide bonds. The Labute approximate surface area is 199 Å². The van der Waals surface area contributed by atoms with Crippen LogP contribution in [0.2, 0.25) is 0 Å². The molecule has 7 nitrogen and oxygen atoms in total. The number of benzene rings is 3. The van der Waals surface area contributed by atoms with E-state index in [1.165, 1.54) is 14.2 Å². The second-order valence-corrected chi connectivity index (χ2v) is 7.59. The number of amides is 2. The summed E-state index contributed by atoms with van der Waals surface area (Å²) in [6, 6.07) is 19.3. The molecule has 0 aliphatic carbocycles. The Morgan fingerprint density at radius 3 is 1.88 bits per heavy atom. The number of nitrogens with one attached hydrogen (secondary N) is 2. The van der Waals surface area contributed by atoms with Crippen molar-refractivity contribution in [2.45, 2.75) is 26.2 Å². The van der Waals surface area contributed by atoms with E-state index in [0.717, 1.165) is 12.0 Å². The summed E-state index contributed by atoms with van der Waals surface area (Å²) in [4.78, 5) is 37.5. The number of ether oxygens (including phenoxy) is 2. The minimum Gasteiger partial charge on any atom is -0.494 e. The molecule has 3 aromatic carbocycles. The normalized spacial score (nSPS) is 10.3. The van der Waals surface area contributed by atoms with Gasteiger partial charge in [0.15, 0.2) is 5.78 Å². The van der Waals surface area contributed by atoms with E-state index in [1.54, 1.807) is 48.5 Å². The molecule has 0 heterocycles. The van der Waals surface area contributed by atoms with Crippen molar-refractivity contribution in [1.82, 2.24) is 0 Å². The summed E-state index contributed by atoms with van der Waals surface area (Å²) in [6.45, 7) is 2.05. The van der Waals surface area contributed by atoms with Crippen LogP contribution in [0, 0.1) is 0 Å². The molecule has 0 spiro atoms. The molecule has 0 aliphatic heterocycles. The first kappa shape index (κ1) is 24.5. The largest absolute Gasteiger partial charge is 0.494 e. The molecule has 0 aromatic heterocycles. The van der Waals surface area contributed by atoms with Crippen molar-refractivity contribution >= 4 is 29.0 Å². The van der Waals surface area contributed by atoms with E-state index in [0.29, 0.717) is 34.0 Å². The maximum absolute atomic E-state index is 12.5. The summed E-state index contributed by atoms with van der Waals surface area (Å²) in [5.41, 5.74) is 3.01. The van der Waals surface area contributed by atoms with Crippen LogP contribution >= 0.6 is 0 Å². The van der Waals surface area contributed by atoms with Crippen LogP contribution in [0.15, 0.2) is 66.7 Å². The number of Topliss-reactive ketones (excluding diaryl/α,β-unsaturated/α-hetero) is 1. The smallest absolute Gasteiger partial charge is 0.255 e. The standard InChI is InChI=1S/C27H28N2O5/c1-4-18-10-12-19(13-11-18)23(30)14-15-26(31)28-21-16-25(34-3)22(17-24(21)33-2)29-27(32)20-8-6-5-7-9-20/h5-13,16-17H,4,14-15H2,1-3H3,(H,28,31)(H,29,32). The molecule has 0 aliphatic rings. The maximum atomic E-state index is 12.5. The van der Waals surface area contributed by atoms with Gasteiger partial charge in [-0.05, 0) is 24.1 Å². The highest BCUT2D eigenvalue weighted by atomic mass is 16.5. The van der Waals surface area contributed by atoms with Gasteiger partial charge in [0, 0.05) is 36.1 Å². The van der Waals surface area contributed by atoms with Crippen molar-refractivity contribution < 1.29 is 23.9 Å². The number of anilines is 2. The lowest BCUT2D eigenvalue weighted by atomic mass is 10.0. The van der Waals surface area contributed by atoms with Gasteiger partial charge < -0.3 is 20.1 Å². The molecule has 3 aromatic rings. The zero-order valence-electron chi connectivity index (χ0n) is 19.5. The van der Waals surface area contributed by atoms with E-state index in [9.17, 15) is 14.4 Å². The SMILES string of the molecule is CCc1ccc(C(=O)CCC(=O)Nc2cc(OC)c(NC(=O)c3ccccc3)cc2OC)cc1. The lowest BCUT2D eigenvalue weighted by Gasteiger charge is -2.16. The minimum atomic E-state index is -0.333. The predicted octanol–water partition coefficient (Wildman–Crippen LogP) is 5.12. The zero-order valence-corrected chi connectivity index (χ0v) is 19.5. The molecule has 0 atom stereocenters. The van der Waals surface area contributed by atoms with Gasteiger partial charge in [-0.15, -0.1) is 0 Å². The van der Waals surface area contributed by atoms with Crippen molar-refractivity contribution in [3.63, 3.8) is 0 Å². The van der Waals surface area contributed by atoms with Crippen LogP contribution in [0.25, 0.3) is 0 Å². The maximum Gasteiger partial charge on any atom is 0.255 e. The monoisotopic (exact) mass is 460 g/mol. The van der Waals surface area contributed by atoms with Gasteiger partial charge in [-0.2, -0.15) is 0 Å². The molecule has 3 rings (SSSR count). The Morgan fingerprint density at radius 2 is 1.32 bits per heavy atom. The second-order valence-electron chi connectivity index (χ2n) is 7.59. The fourth-order valence-corrected chi connectivity index (χ4v) is 3.39. The average Bonchev–Trinajstić information content (AvgIpc) is 2.88. The molecule has 0 saturated heterocycles. The van der Waals surface area contributed by atoms with E-state index >= 15 is 0 Å². The number of carbonyl (C=O) groups is 3. The molecular weight excluding hydrogens is 432 g/mol. The van der Waals surface area contributed by atoms with Gasteiger partial charge in [-0.25, -0.2) is 0 Å². The molecule has 2 N–H and O–H groups in total. The molecule has 0 fully saturated rings. The molecular formula is C27H28N2O5. The second kappa shape index (κ2) is 11.7. The van der Waals surface area contributed by atoms with Crippen molar-refractivity contribution in [2.24, 2.45) is 0 Å². The average molecular weight is 461 g/mol. The van der Waals surface area contributed by atoms with E-state index in [4.69, 9.17) is 9.47 Å². The molecule has 0 radical (unpaired) electrons. The summed E-state index contributed by atoms with van der Waals surface area (Å²) < 4.78 is 10.8. The molecule has 0 bridgehead atoms. The fourth-order valence-electron chi connectivity index (χ4n) is 3.39. The molecule has 34 heavy (non-hydrogen) atoms. The highest BCUT2D eigenvalue weighted by Crippen LogP contribution is 2.36. The zero-order chi connectivity index (χ0) is 24.5. The quantitative estimate of drug-likeness (QED) is 0.410. The summed E-state index contributed by atoms with van der Waals surface area (Å²) in [5.74, 6) is -0.0315. The van der Waals surface area contributed by atoms with Crippen LogP contribution in [0.4, 0.5) is 11.4 Å². The summed E-state index contributed by atoms with van der Waals surface area (Å²) >= 11 is 0. The molecule has 176 valence electrons.